The lowest BCUT2D eigenvalue weighted by molar-refractivity contribution is -0.368. The molecule has 2 bridgehead atoms. The van der Waals surface area contributed by atoms with Crippen molar-refractivity contribution in [2.24, 2.45) is 5.92 Å². The van der Waals surface area contributed by atoms with Crippen molar-refractivity contribution in [3.63, 3.8) is 0 Å². The van der Waals surface area contributed by atoms with Crippen LogP contribution in [0.3, 0.4) is 0 Å². The number of hydrogen-bond acceptors (Lipinski definition) is 10. The molecule has 0 amide bonds. The maximum Gasteiger partial charge on any atom is 0.227 e. The third-order valence-electron chi connectivity index (χ3n) is 8.55. The minimum Gasteiger partial charge on any atom is -0.493 e. The molecule has 2 fully saturated rings. The number of aliphatic hydroxyl groups is 5. The number of hydrogen-bond donors (Lipinski definition) is 5. The predicted molar refractivity (Wildman–Crippen MR) is 116 cm³/mol. The summed E-state index contributed by atoms with van der Waals surface area (Å²) in [5.74, 6) is -0.773. The summed E-state index contributed by atoms with van der Waals surface area (Å²) < 4.78 is 23.6. The molecule has 1 aromatic carbocycles. The summed E-state index contributed by atoms with van der Waals surface area (Å²) in [5.41, 5.74) is 1.61. The Morgan fingerprint density at radius 3 is 2.71 bits per heavy atom. The summed E-state index contributed by atoms with van der Waals surface area (Å²) in [6.07, 6.45) is -3.23. The Balaban J connectivity index is 1.43. The van der Waals surface area contributed by atoms with Crippen molar-refractivity contribution in [2.75, 3.05) is 27.3 Å². The summed E-state index contributed by atoms with van der Waals surface area (Å²) in [4.78, 5) is 2.34. The largest absolute Gasteiger partial charge is 0.493 e. The third-order valence-corrected chi connectivity index (χ3v) is 8.55. The zero-order valence-corrected chi connectivity index (χ0v) is 19.1. The maximum absolute atomic E-state index is 11.9. The fourth-order valence-corrected chi connectivity index (χ4v) is 6.87. The van der Waals surface area contributed by atoms with Crippen molar-refractivity contribution in [1.29, 1.82) is 0 Å². The molecule has 0 aromatic heterocycles. The predicted octanol–water partition coefficient (Wildman–Crippen LogP) is -1.35. The number of nitrogens with zero attached hydrogens (tertiary/aromatic N) is 1. The Morgan fingerprint density at radius 2 is 1.97 bits per heavy atom. The summed E-state index contributed by atoms with van der Waals surface area (Å²) in [6, 6.07) is 4.16. The van der Waals surface area contributed by atoms with Crippen molar-refractivity contribution in [3.8, 4) is 11.5 Å². The number of methoxy groups -OCH3 is 1. The molecule has 1 spiro atoms. The maximum atomic E-state index is 11.9. The molecule has 6 rings (SSSR count). The van der Waals surface area contributed by atoms with E-state index in [4.69, 9.17) is 18.9 Å². The van der Waals surface area contributed by atoms with Crippen LogP contribution in [0.1, 0.15) is 17.5 Å². The normalized spacial score (nSPS) is 46.7. The van der Waals surface area contributed by atoms with Crippen molar-refractivity contribution in [3.05, 3.63) is 35.4 Å². The van der Waals surface area contributed by atoms with Crippen LogP contribution in [0.25, 0.3) is 0 Å². The van der Waals surface area contributed by atoms with Crippen LogP contribution in [-0.2, 0) is 21.3 Å². The second-order valence-corrected chi connectivity index (χ2v) is 10.1. The number of likely N-dealkylation sites (N-methyl/N-ethyl adjacent to an activating group) is 1. The van der Waals surface area contributed by atoms with Crippen LogP contribution >= 0.6 is 0 Å². The van der Waals surface area contributed by atoms with Gasteiger partial charge in [0, 0.05) is 17.5 Å². The topological polar surface area (TPSA) is 141 Å². The number of aliphatic hydroxyl groups excluding tert-OH is 4. The fourth-order valence-electron chi connectivity index (χ4n) is 6.87. The van der Waals surface area contributed by atoms with E-state index in [0.717, 1.165) is 24.1 Å². The second kappa shape index (κ2) is 7.62. The van der Waals surface area contributed by atoms with E-state index in [1.165, 1.54) is 6.08 Å². The van der Waals surface area contributed by atoms with E-state index in [0.29, 0.717) is 17.9 Å². The van der Waals surface area contributed by atoms with Gasteiger partial charge in [0.05, 0.1) is 19.1 Å². The van der Waals surface area contributed by atoms with Gasteiger partial charge in [-0.05, 0) is 44.1 Å². The zero-order valence-electron chi connectivity index (χ0n) is 19.1. The molecule has 3 heterocycles. The molecule has 5 aliphatic rings. The molecular weight excluding hydrogens is 446 g/mol. The SMILES string of the molecule is COc1ccc2c3c1O[C@@H]1[C@]34CCN(C)[C@H](C2)[C@@H]4C=C[C@]1(O)O[C@@H]1O[C@H](CO)[C@@H](O)[C@H](O)[C@H]1O. The summed E-state index contributed by atoms with van der Waals surface area (Å²) in [7, 11) is 3.69. The molecule has 2 aliphatic carbocycles. The van der Waals surface area contributed by atoms with E-state index in [1.807, 2.05) is 12.1 Å². The highest BCUT2D eigenvalue weighted by atomic mass is 16.8. The van der Waals surface area contributed by atoms with Crippen molar-refractivity contribution < 1.29 is 44.5 Å². The van der Waals surface area contributed by atoms with Gasteiger partial charge in [-0.3, -0.25) is 0 Å². The minimum atomic E-state index is -2.01. The van der Waals surface area contributed by atoms with Crippen LogP contribution in [0.15, 0.2) is 24.3 Å². The highest BCUT2D eigenvalue weighted by Crippen LogP contribution is 2.64. The van der Waals surface area contributed by atoms with E-state index in [-0.39, 0.29) is 12.0 Å². The molecule has 10 heteroatoms. The Morgan fingerprint density at radius 1 is 1.18 bits per heavy atom. The summed E-state index contributed by atoms with van der Waals surface area (Å²) in [5, 5.41) is 52.3. The molecule has 0 radical (unpaired) electrons. The van der Waals surface area contributed by atoms with Crippen LogP contribution in [0.2, 0.25) is 0 Å². The van der Waals surface area contributed by atoms with E-state index in [9.17, 15) is 25.5 Å². The van der Waals surface area contributed by atoms with Gasteiger partial charge >= 0.3 is 0 Å². The molecule has 3 aliphatic heterocycles. The Kier molecular flexibility index (Phi) is 5.08. The van der Waals surface area contributed by atoms with Crippen LogP contribution in [0.5, 0.6) is 11.5 Å². The molecule has 0 unspecified atom stereocenters. The second-order valence-electron chi connectivity index (χ2n) is 10.1. The molecule has 2 saturated heterocycles. The average molecular weight is 478 g/mol. The molecule has 0 saturated carbocycles. The van der Waals surface area contributed by atoms with Crippen LogP contribution < -0.4 is 9.47 Å². The van der Waals surface area contributed by atoms with E-state index >= 15 is 0 Å². The summed E-state index contributed by atoms with van der Waals surface area (Å²) in [6.45, 7) is 0.214. The molecular formula is C24H31NO9. The third kappa shape index (κ3) is 2.79. The lowest BCUT2D eigenvalue weighted by atomic mass is 9.52. The Hall–Kier alpha value is -1.76. The standard InChI is InChI=1S/C24H31NO9/c1-25-8-7-23-12-5-6-24(30,34-21-19(29)18(28)17(27)15(10-26)32-21)22(23)33-20-14(31-2)4-3-11(16(20)23)9-13(12)25/h3-6,12-13,15,17-19,21-22,26-30H,7-10H2,1-2H3/t12-,13+,15+,17+,18-,19+,21-,22+,23-,24-/m0/s1. The van der Waals surface area contributed by atoms with E-state index < -0.39 is 54.6 Å². The van der Waals surface area contributed by atoms with Crippen LogP contribution in [0.4, 0.5) is 0 Å². The highest BCUT2D eigenvalue weighted by molar-refractivity contribution is 5.62. The monoisotopic (exact) mass is 477 g/mol. The van der Waals surface area contributed by atoms with Crippen LogP contribution in [-0.4, -0.2) is 106 Å². The first kappa shape index (κ1) is 22.7. The minimum absolute atomic E-state index is 0.0655. The lowest BCUT2D eigenvalue weighted by Crippen LogP contribution is -2.70. The Bertz CT molecular complexity index is 1020. The Labute approximate surface area is 196 Å². The first-order chi connectivity index (χ1) is 16.2. The number of rotatable bonds is 4. The smallest absolute Gasteiger partial charge is 0.227 e. The lowest BCUT2D eigenvalue weighted by Gasteiger charge is -2.58. The number of benzene rings is 1. The zero-order chi connectivity index (χ0) is 24.0. The molecule has 5 N–H and O–H groups in total. The van der Waals surface area contributed by atoms with Gasteiger partial charge in [-0.15, -0.1) is 0 Å². The van der Waals surface area contributed by atoms with Gasteiger partial charge in [0.1, 0.15) is 24.4 Å². The first-order valence-corrected chi connectivity index (χ1v) is 11.7. The molecule has 10 atom stereocenters. The van der Waals surface area contributed by atoms with Gasteiger partial charge in [0.2, 0.25) is 5.79 Å². The molecule has 186 valence electrons. The van der Waals surface area contributed by atoms with Gasteiger partial charge in [-0.25, -0.2) is 0 Å². The molecule has 10 nitrogen and oxygen atoms in total. The molecule has 1 aromatic rings. The first-order valence-electron chi connectivity index (χ1n) is 11.7. The number of ether oxygens (including phenoxy) is 4. The average Bonchev–Trinajstić information content (AvgIpc) is 3.19. The van der Waals surface area contributed by atoms with Crippen molar-refractivity contribution >= 4 is 0 Å². The van der Waals surface area contributed by atoms with Gasteiger partial charge in [0.15, 0.2) is 23.9 Å². The number of likely N-dealkylation sites (tertiary alicyclic amines) is 1. The summed E-state index contributed by atoms with van der Waals surface area (Å²) >= 11 is 0. The quantitative estimate of drug-likeness (QED) is 0.261. The van der Waals surface area contributed by atoms with Crippen molar-refractivity contribution in [1.82, 2.24) is 4.90 Å². The van der Waals surface area contributed by atoms with E-state index in [2.05, 4.69) is 18.0 Å². The highest BCUT2D eigenvalue weighted by Gasteiger charge is 2.69. The van der Waals surface area contributed by atoms with Crippen LogP contribution in [0, 0.1) is 5.92 Å². The van der Waals surface area contributed by atoms with Gasteiger partial charge in [-0.1, -0.05) is 12.1 Å². The van der Waals surface area contributed by atoms with Gasteiger partial charge in [-0.2, -0.15) is 0 Å². The fraction of sp³-hybridized carbons (Fsp3) is 0.667. The van der Waals surface area contributed by atoms with E-state index in [1.54, 1.807) is 7.11 Å². The number of piperidine rings is 1. The van der Waals surface area contributed by atoms with Crippen molar-refractivity contribution in [2.45, 2.75) is 66.9 Å². The van der Waals surface area contributed by atoms with Gasteiger partial charge in [0.25, 0.3) is 0 Å². The molecule has 34 heavy (non-hydrogen) atoms. The van der Waals surface area contributed by atoms with Gasteiger partial charge < -0.3 is 49.4 Å².